The zero-order chi connectivity index (χ0) is 14.2. The molecule has 0 spiro atoms. The van der Waals surface area contributed by atoms with Crippen LogP contribution in [0.15, 0.2) is 0 Å². The van der Waals surface area contributed by atoms with E-state index in [0.29, 0.717) is 6.04 Å². The maximum absolute atomic E-state index is 10.7. The lowest BCUT2D eigenvalue weighted by atomic mass is 9.77. The van der Waals surface area contributed by atoms with Crippen LogP contribution in [-0.4, -0.2) is 47.3 Å². The molecule has 1 saturated carbocycles. The van der Waals surface area contributed by atoms with Crippen LogP contribution in [0.4, 0.5) is 0 Å². The van der Waals surface area contributed by atoms with Crippen molar-refractivity contribution in [3.8, 4) is 0 Å². The van der Waals surface area contributed by atoms with Gasteiger partial charge in [-0.05, 0) is 64.3 Å². The second-order valence-electron chi connectivity index (χ2n) is 7.68. The van der Waals surface area contributed by atoms with E-state index in [-0.39, 0.29) is 0 Å². The summed E-state index contributed by atoms with van der Waals surface area (Å²) in [6.45, 7) is 3.10. The molecule has 0 aromatic rings. The SMILES string of the molecule is CCC1CCC(O)(CNC2CC3CCC(C2)N3C)CC1. The number of piperidine rings is 1. The van der Waals surface area contributed by atoms with Gasteiger partial charge in [0.25, 0.3) is 0 Å². The van der Waals surface area contributed by atoms with E-state index >= 15 is 0 Å². The highest BCUT2D eigenvalue weighted by molar-refractivity contribution is 4.97. The molecule has 3 rings (SSSR count). The van der Waals surface area contributed by atoms with Crippen molar-refractivity contribution in [3.63, 3.8) is 0 Å². The van der Waals surface area contributed by atoms with Crippen molar-refractivity contribution in [3.05, 3.63) is 0 Å². The lowest BCUT2D eigenvalue weighted by Gasteiger charge is -2.40. The van der Waals surface area contributed by atoms with Crippen LogP contribution in [-0.2, 0) is 0 Å². The Morgan fingerprint density at radius 1 is 1.10 bits per heavy atom. The van der Waals surface area contributed by atoms with Crippen molar-refractivity contribution < 1.29 is 5.11 Å². The van der Waals surface area contributed by atoms with Gasteiger partial charge in [0.15, 0.2) is 0 Å². The van der Waals surface area contributed by atoms with Gasteiger partial charge in [-0.25, -0.2) is 0 Å². The molecular formula is C17H32N2O. The summed E-state index contributed by atoms with van der Waals surface area (Å²) in [4.78, 5) is 2.58. The molecule has 2 N–H and O–H groups in total. The molecule has 3 nitrogen and oxygen atoms in total. The van der Waals surface area contributed by atoms with Crippen molar-refractivity contribution in [2.24, 2.45) is 5.92 Å². The first-order chi connectivity index (χ1) is 9.59. The molecular weight excluding hydrogens is 248 g/mol. The number of nitrogens with zero attached hydrogens (tertiary/aromatic N) is 1. The Labute approximate surface area is 124 Å². The maximum atomic E-state index is 10.7. The maximum Gasteiger partial charge on any atom is 0.0771 e. The molecule has 1 aliphatic carbocycles. The van der Waals surface area contributed by atoms with E-state index in [9.17, 15) is 5.11 Å². The lowest BCUT2D eigenvalue weighted by Crippen LogP contribution is -2.52. The Morgan fingerprint density at radius 3 is 2.25 bits per heavy atom. The molecule has 2 unspecified atom stereocenters. The summed E-state index contributed by atoms with van der Waals surface area (Å²) >= 11 is 0. The van der Waals surface area contributed by atoms with Crippen molar-refractivity contribution >= 4 is 0 Å². The molecule has 2 bridgehead atoms. The average Bonchev–Trinajstić information content (AvgIpc) is 2.67. The molecule has 3 aliphatic rings. The molecule has 20 heavy (non-hydrogen) atoms. The largest absolute Gasteiger partial charge is 0.389 e. The standard InChI is InChI=1S/C17H32N2O/c1-3-13-6-8-17(20,9-7-13)12-18-14-10-15-4-5-16(11-14)19(15)2/h13-16,18,20H,3-12H2,1-2H3. The molecule has 2 saturated heterocycles. The zero-order valence-electron chi connectivity index (χ0n) is 13.3. The third-order valence-corrected chi connectivity index (χ3v) is 6.43. The zero-order valence-corrected chi connectivity index (χ0v) is 13.3. The van der Waals surface area contributed by atoms with E-state index in [4.69, 9.17) is 0 Å². The minimum absolute atomic E-state index is 0.423. The predicted octanol–water partition coefficient (Wildman–Crippen LogP) is 2.53. The molecule has 2 heterocycles. The Morgan fingerprint density at radius 2 is 1.70 bits per heavy atom. The Hall–Kier alpha value is -0.120. The Balaban J connectivity index is 1.46. The average molecular weight is 280 g/mol. The molecule has 2 atom stereocenters. The number of nitrogens with one attached hydrogen (secondary N) is 1. The molecule has 116 valence electrons. The van der Waals surface area contributed by atoms with E-state index < -0.39 is 5.60 Å². The first-order valence-electron chi connectivity index (χ1n) is 8.77. The summed E-state index contributed by atoms with van der Waals surface area (Å²) in [6, 6.07) is 2.21. The topological polar surface area (TPSA) is 35.5 Å². The summed E-state index contributed by atoms with van der Waals surface area (Å²) < 4.78 is 0. The first-order valence-corrected chi connectivity index (χ1v) is 8.77. The lowest BCUT2D eigenvalue weighted by molar-refractivity contribution is -0.0133. The van der Waals surface area contributed by atoms with Crippen LogP contribution >= 0.6 is 0 Å². The highest BCUT2D eigenvalue weighted by Crippen LogP contribution is 2.36. The fourth-order valence-corrected chi connectivity index (χ4v) is 4.71. The van der Waals surface area contributed by atoms with Gasteiger partial charge < -0.3 is 15.3 Å². The molecule has 3 heteroatoms. The monoisotopic (exact) mass is 280 g/mol. The minimum Gasteiger partial charge on any atom is -0.389 e. The van der Waals surface area contributed by atoms with Crippen LogP contribution in [0.5, 0.6) is 0 Å². The van der Waals surface area contributed by atoms with Crippen molar-refractivity contribution in [2.75, 3.05) is 13.6 Å². The van der Waals surface area contributed by atoms with E-state index in [1.165, 1.54) is 44.9 Å². The molecule has 0 amide bonds. The summed E-state index contributed by atoms with van der Waals surface area (Å²) in [6.07, 6.45) is 11.0. The van der Waals surface area contributed by atoms with E-state index in [2.05, 4.69) is 24.2 Å². The van der Waals surface area contributed by atoms with Crippen LogP contribution in [0.2, 0.25) is 0 Å². The number of hydrogen-bond donors (Lipinski definition) is 2. The van der Waals surface area contributed by atoms with Crippen LogP contribution < -0.4 is 5.32 Å². The smallest absolute Gasteiger partial charge is 0.0771 e. The van der Waals surface area contributed by atoms with Gasteiger partial charge in [-0.1, -0.05) is 13.3 Å². The van der Waals surface area contributed by atoms with Crippen LogP contribution in [0, 0.1) is 5.92 Å². The normalized spacial score (nSPS) is 45.8. The van der Waals surface area contributed by atoms with Crippen LogP contribution in [0.3, 0.4) is 0 Å². The Bertz CT molecular complexity index is 311. The molecule has 0 aromatic carbocycles. The third kappa shape index (κ3) is 3.05. The van der Waals surface area contributed by atoms with E-state index in [0.717, 1.165) is 37.4 Å². The summed E-state index contributed by atoms with van der Waals surface area (Å²) in [5.41, 5.74) is -0.423. The first kappa shape index (κ1) is 14.8. The summed E-state index contributed by atoms with van der Waals surface area (Å²) in [7, 11) is 2.29. The van der Waals surface area contributed by atoms with Crippen LogP contribution in [0.1, 0.15) is 64.7 Å². The molecule has 3 fully saturated rings. The summed E-state index contributed by atoms with van der Waals surface area (Å²) in [5, 5.41) is 14.5. The van der Waals surface area contributed by atoms with Gasteiger partial charge in [0.1, 0.15) is 0 Å². The molecule has 0 aromatic heterocycles. The van der Waals surface area contributed by atoms with Gasteiger partial charge in [-0.2, -0.15) is 0 Å². The predicted molar refractivity (Wildman–Crippen MR) is 82.8 cm³/mol. The highest BCUT2D eigenvalue weighted by Gasteiger charge is 2.39. The van der Waals surface area contributed by atoms with Gasteiger partial charge >= 0.3 is 0 Å². The quantitative estimate of drug-likeness (QED) is 0.830. The van der Waals surface area contributed by atoms with Gasteiger partial charge in [-0.15, -0.1) is 0 Å². The second kappa shape index (κ2) is 5.94. The van der Waals surface area contributed by atoms with Gasteiger partial charge in [0, 0.05) is 24.7 Å². The fraction of sp³-hybridized carbons (Fsp3) is 1.00. The van der Waals surface area contributed by atoms with Crippen molar-refractivity contribution in [1.29, 1.82) is 0 Å². The highest BCUT2D eigenvalue weighted by atomic mass is 16.3. The minimum atomic E-state index is -0.423. The van der Waals surface area contributed by atoms with E-state index in [1.54, 1.807) is 0 Å². The fourth-order valence-electron chi connectivity index (χ4n) is 4.71. The van der Waals surface area contributed by atoms with E-state index in [1.807, 2.05) is 0 Å². The van der Waals surface area contributed by atoms with Gasteiger partial charge in [0.2, 0.25) is 0 Å². The van der Waals surface area contributed by atoms with Crippen LogP contribution in [0.25, 0.3) is 0 Å². The molecule has 2 aliphatic heterocycles. The number of rotatable bonds is 4. The summed E-state index contributed by atoms with van der Waals surface area (Å²) in [5.74, 6) is 0.856. The van der Waals surface area contributed by atoms with Crippen molar-refractivity contribution in [1.82, 2.24) is 10.2 Å². The number of hydrogen-bond acceptors (Lipinski definition) is 3. The van der Waals surface area contributed by atoms with Gasteiger partial charge in [0.05, 0.1) is 5.60 Å². The number of fused-ring (bicyclic) bond motifs is 2. The molecule has 0 radical (unpaired) electrons. The van der Waals surface area contributed by atoms with Gasteiger partial charge in [-0.3, -0.25) is 0 Å². The Kier molecular flexibility index (Phi) is 4.40. The third-order valence-electron chi connectivity index (χ3n) is 6.43. The second-order valence-corrected chi connectivity index (χ2v) is 7.68. The number of aliphatic hydroxyl groups is 1. The van der Waals surface area contributed by atoms with Crippen molar-refractivity contribution in [2.45, 2.75) is 88.4 Å².